The lowest BCUT2D eigenvalue weighted by molar-refractivity contribution is -0.0664. The van der Waals surface area contributed by atoms with E-state index in [4.69, 9.17) is 10.3 Å². The molecule has 2 N–H and O–H groups in total. The van der Waals surface area contributed by atoms with Gasteiger partial charge in [0.25, 0.3) is 0 Å². The van der Waals surface area contributed by atoms with E-state index in [-0.39, 0.29) is 0 Å². The maximum Gasteiger partial charge on any atom is 0.194 e. The Kier molecular flexibility index (Phi) is 5.66. The van der Waals surface area contributed by atoms with Crippen LogP contribution in [-0.4, -0.2) is 22.9 Å². The molecule has 1 aromatic carbocycles. The molecule has 0 spiro atoms. The first-order valence-electron chi connectivity index (χ1n) is 7.76. The second kappa shape index (κ2) is 7.49. The number of rotatable bonds is 6. The smallest absolute Gasteiger partial charge is 0.194 e. The van der Waals surface area contributed by atoms with Crippen LogP contribution in [0.1, 0.15) is 44.6 Å². The number of aliphatic hydroxyl groups excluding tert-OH is 1. The molecule has 6 nitrogen and oxygen atoms in total. The van der Waals surface area contributed by atoms with Gasteiger partial charge >= 0.3 is 0 Å². The minimum atomic E-state index is -1.99. The van der Waals surface area contributed by atoms with Crippen molar-refractivity contribution in [1.29, 1.82) is 0 Å². The van der Waals surface area contributed by atoms with Gasteiger partial charge in [0.05, 0.1) is 12.7 Å². The summed E-state index contributed by atoms with van der Waals surface area (Å²) in [5.74, 6) is 1.18. The number of ether oxygens (including phenoxy) is 1. The zero-order valence-corrected chi connectivity index (χ0v) is 12.9. The highest BCUT2D eigenvalue weighted by molar-refractivity contribution is 5.32. The number of azide groups is 1. The fourth-order valence-corrected chi connectivity index (χ4v) is 2.83. The molecule has 22 heavy (non-hydrogen) atoms. The van der Waals surface area contributed by atoms with Crippen molar-refractivity contribution >= 4 is 0 Å². The van der Waals surface area contributed by atoms with E-state index in [9.17, 15) is 10.2 Å². The van der Waals surface area contributed by atoms with Gasteiger partial charge in [0.15, 0.2) is 5.72 Å². The summed E-state index contributed by atoms with van der Waals surface area (Å²) in [6.45, 7) is 2.03. The van der Waals surface area contributed by atoms with Gasteiger partial charge in [0, 0.05) is 4.91 Å². The Bertz CT molecular complexity index is 537. The van der Waals surface area contributed by atoms with E-state index in [1.54, 1.807) is 24.3 Å². The largest absolute Gasteiger partial charge is 0.493 e. The van der Waals surface area contributed by atoms with Gasteiger partial charge in [0.2, 0.25) is 0 Å². The zero-order valence-electron chi connectivity index (χ0n) is 12.9. The van der Waals surface area contributed by atoms with Crippen LogP contribution < -0.4 is 4.74 Å². The number of benzene rings is 1. The summed E-state index contributed by atoms with van der Waals surface area (Å²) in [5.41, 5.74) is 6.94. The van der Waals surface area contributed by atoms with E-state index in [0.717, 1.165) is 0 Å². The van der Waals surface area contributed by atoms with E-state index in [1.165, 1.54) is 39.0 Å². The van der Waals surface area contributed by atoms with Crippen LogP contribution in [0.4, 0.5) is 0 Å². The Hall–Kier alpha value is -1.75. The molecule has 1 aromatic rings. The summed E-state index contributed by atoms with van der Waals surface area (Å²) in [5, 5.41) is 23.4. The first-order chi connectivity index (χ1) is 10.6. The molecule has 2 rings (SSSR count). The van der Waals surface area contributed by atoms with Gasteiger partial charge in [0.1, 0.15) is 5.75 Å². The molecule has 0 heterocycles. The Balaban J connectivity index is 2.10. The van der Waals surface area contributed by atoms with Crippen LogP contribution in [0.25, 0.3) is 10.4 Å². The summed E-state index contributed by atoms with van der Waals surface area (Å²) in [6, 6.07) is 6.73. The minimum Gasteiger partial charge on any atom is -0.493 e. The van der Waals surface area contributed by atoms with E-state index < -0.39 is 11.8 Å². The van der Waals surface area contributed by atoms with Crippen molar-refractivity contribution in [3.8, 4) is 5.75 Å². The topological polar surface area (TPSA) is 98.5 Å². The molecule has 1 fully saturated rings. The van der Waals surface area contributed by atoms with Gasteiger partial charge in [-0.1, -0.05) is 36.5 Å². The van der Waals surface area contributed by atoms with E-state index in [1.807, 2.05) is 0 Å². The van der Waals surface area contributed by atoms with Crippen LogP contribution in [0.5, 0.6) is 5.75 Å². The predicted molar refractivity (Wildman–Crippen MR) is 83.2 cm³/mol. The number of hydrogen-bond acceptors (Lipinski definition) is 4. The number of aliphatic hydroxyl groups is 2. The minimum absolute atomic E-state index is 0.321. The highest BCUT2D eigenvalue weighted by Gasteiger charge is 2.34. The number of hydrogen-bond donors (Lipinski definition) is 2. The molecular formula is C16H23N3O3. The van der Waals surface area contributed by atoms with Crippen LogP contribution in [0, 0.1) is 5.92 Å². The first-order valence-corrected chi connectivity index (χ1v) is 7.76. The molecule has 0 aliphatic heterocycles. The Labute approximate surface area is 130 Å². The van der Waals surface area contributed by atoms with Crippen molar-refractivity contribution in [2.45, 2.75) is 50.9 Å². The molecule has 2 atom stereocenters. The van der Waals surface area contributed by atoms with Gasteiger partial charge in [-0.05, 0) is 48.9 Å². The van der Waals surface area contributed by atoms with Gasteiger partial charge in [-0.15, -0.1) is 0 Å². The summed E-state index contributed by atoms with van der Waals surface area (Å²) in [4.78, 5) is 2.63. The van der Waals surface area contributed by atoms with Gasteiger partial charge < -0.3 is 14.9 Å². The van der Waals surface area contributed by atoms with Crippen LogP contribution in [0.3, 0.4) is 0 Å². The molecule has 0 bridgehead atoms. The fraction of sp³-hybridized carbons (Fsp3) is 0.625. The van der Waals surface area contributed by atoms with Crippen molar-refractivity contribution in [2.75, 3.05) is 6.61 Å². The van der Waals surface area contributed by atoms with Crippen molar-refractivity contribution < 1.29 is 14.9 Å². The Morgan fingerprint density at radius 2 is 2.14 bits per heavy atom. The third kappa shape index (κ3) is 3.91. The molecule has 6 heteroatoms. The third-order valence-electron chi connectivity index (χ3n) is 4.25. The van der Waals surface area contributed by atoms with Gasteiger partial charge in [-0.2, -0.15) is 0 Å². The standard InChI is InChI=1S/C16H23N3O3/c1-12(20)16(21,18-19-17)14-8-5-9-15(10-14)22-11-13-6-3-2-4-7-13/h5,8-10,12-13,20-21H,2-4,6-7,11H2,1H3. The van der Waals surface area contributed by atoms with Crippen LogP contribution in [0.2, 0.25) is 0 Å². The van der Waals surface area contributed by atoms with Crippen molar-refractivity contribution in [2.24, 2.45) is 11.0 Å². The highest BCUT2D eigenvalue weighted by atomic mass is 16.5. The second-order valence-corrected chi connectivity index (χ2v) is 5.93. The molecule has 0 aromatic heterocycles. The van der Waals surface area contributed by atoms with E-state index in [0.29, 0.717) is 23.8 Å². The summed E-state index contributed by atoms with van der Waals surface area (Å²) in [7, 11) is 0. The molecule has 1 saturated carbocycles. The molecule has 1 aliphatic rings. The monoisotopic (exact) mass is 305 g/mol. The second-order valence-electron chi connectivity index (χ2n) is 5.93. The average molecular weight is 305 g/mol. The van der Waals surface area contributed by atoms with Crippen molar-refractivity contribution in [3.63, 3.8) is 0 Å². The maximum atomic E-state index is 10.4. The Morgan fingerprint density at radius 1 is 1.41 bits per heavy atom. The molecule has 1 aliphatic carbocycles. The van der Waals surface area contributed by atoms with Crippen molar-refractivity contribution in [3.05, 3.63) is 40.3 Å². The lowest BCUT2D eigenvalue weighted by Crippen LogP contribution is -2.35. The lowest BCUT2D eigenvalue weighted by Gasteiger charge is -2.27. The van der Waals surface area contributed by atoms with E-state index in [2.05, 4.69) is 10.0 Å². The fourth-order valence-electron chi connectivity index (χ4n) is 2.83. The molecule has 0 radical (unpaired) electrons. The zero-order chi connectivity index (χ0) is 16.0. The molecule has 0 amide bonds. The van der Waals surface area contributed by atoms with Crippen LogP contribution >= 0.6 is 0 Å². The Morgan fingerprint density at radius 3 is 2.77 bits per heavy atom. The molecular weight excluding hydrogens is 282 g/mol. The van der Waals surface area contributed by atoms with Crippen molar-refractivity contribution in [1.82, 2.24) is 0 Å². The average Bonchev–Trinajstić information content (AvgIpc) is 2.54. The van der Waals surface area contributed by atoms with E-state index >= 15 is 0 Å². The lowest BCUT2D eigenvalue weighted by atomic mass is 9.90. The highest BCUT2D eigenvalue weighted by Crippen LogP contribution is 2.30. The quantitative estimate of drug-likeness (QED) is 0.478. The predicted octanol–water partition coefficient (Wildman–Crippen LogP) is 3.48. The van der Waals surface area contributed by atoms with Crippen LogP contribution in [0.15, 0.2) is 29.4 Å². The SMILES string of the molecule is CC(O)C(O)(N=[N+]=[N-])c1cccc(OCC2CCCCC2)c1. The maximum absolute atomic E-state index is 10.4. The normalized spacial score (nSPS) is 19.8. The third-order valence-corrected chi connectivity index (χ3v) is 4.25. The molecule has 2 unspecified atom stereocenters. The van der Waals surface area contributed by atoms with Crippen LogP contribution in [-0.2, 0) is 5.72 Å². The first kappa shape index (κ1) is 16.6. The number of nitrogens with zero attached hydrogens (tertiary/aromatic N) is 3. The van der Waals surface area contributed by atoms with Gasteiger partial charge in [-0.25, -0.2) is 0 Å². The summed E-state index contributed by atoms with van der Waals surface area (Å²) < 4.78 is 5.81. The summed E-state index contributed by atoms with van der Waals surface area (Å²) >= 11 is 0. The molecule has 120 valence electrons. The van der Waals surface area contributed by atoms with Gasteiger partial charge in [-0.3, -0.25) is 0 Å². The summed E-state index contributed by atoms with van der Waals surface area (Å²) in [6.07, 6.45) is 4.97. The molecule has 0 saturated heterocycles.